The van der Waals surface area contributed by atoms with Gasteiger partial charge in [-0.2, -0.15) is 13.2 Å². The van der Waals surface area contributed by atoms with E-state index in [1.165, 1.54) is 4.90 Å². The lowest BCUT2D eigenvalue weighted by molar-refractivity contribution is -0.153. The first-order chi connectivity index (χ1) is 11.3. The number of aromatic nitrogens is 2. The number of hydrogen-bond donors (Lipinski definition) is 2. The molecular formula is C15H22F3N5O. The minimum Gasteiger partial charge on any atom is -0.348 e. The van der Waals surface area contributed by atoms with Gasteiger partial charge in [0.1, 0.15) is 0 Å². The summed E-state index contributed by atoms with van der Waals surface area (Å²) in [4.78, 5) is 22.7. The van der Waals surface area contributed by atoms with Crippen LogP contribution in [0.5, 0.6) is 0 Å². The van der Waals surface area contributed by atoms with Crippen LogP contribution in [0.2, 0.25) is 0 Å². The molecule has 1 aromatic heterocycles. The number of alkyl halides is 3. The normalized spacial score (nSPS) is 25.4. The predicted octanol–water partition coefficient (Wildman–Crippen LogP) is 1.54. The summed E-state index contributed by atoms with van der Waals surface area (Å²) in [6, 6.07) is -0.466. The van der Waals surface area contributed by atoms with Crippen LogP contribution in [0, 0.1) is 0 Å². The fourth-order valence-electron chi connectivity index (χ4n) is 3.43. The molecule has 6 nitrogen and oxygen atoms in total. The van der Waals surface area contributed by atoms with Gasteiger partial charge >= 0.3 is 12.2 Å². The first kappa shape index (κ1) is 17.1. The van der Waals surface area contributed by atoms with Gasteiger partial charge in [0.15, 0.2) is 0 Å². The van der Waals surface area contributed by atoms with Crippen LogP contribution in [0.15, 0.2) is 6.33 Å². The smallest absolute Gasteiger partial charge is 0.348 e. The second-order valence-electron chi connectivity index (χ2n) is 6.60. The Labute approximate surface area is 138 Å². The van der Waals surface area contributed by atoms with Crippen LogP contribution in [0.25, 0.3) is 0 Å². The highest BCUT2D eigenvalue weighted by molar-refractivity contribution is 5.74. The lowest BCUT2D eigenvalue weighted by Crippen LogP contribution is -2.58. The first-order valence-electron chi connectivity index (χ1n) is 8.19. The number of halogens is 3. The monoisotopic (exact) mass is 345 g/mol. The SMILES string of the molecule is CC1CN(C(=O)NC2CCc3nc[nH]c3C2)CCN1CC(F)(F)F. The van der Waals surface area contributed by atoms with Crippen molar-refractivity contribution < 1.29 is 18.0 Å². The van der Waals surface area contributed by atoms with Gasteiger partial charge in [0.05, 0.1) is 18.6 Å². The van der Waals surface area contributed by atoms with Crippen molar-refractivity contribution in [3.63, 3.8) is 0 Å². The van der Waals surface area contributed by atoms with Crippen LogP contribution in [0.3, 0.4) is 0 Å². The van der Waals surface area contributed by atoms with Crippen molar-refractivity contribution in [2.45, 2.75) is 44.4 Å². The number of hydrogen-bond acceptors (Lipinski definition) is 3. The van der Waals surface area contributed by atoms with Crippen LogP contribution < -0.4 is 5.32 Å². The lowest BCUT2D eigenvalue weighted by atomic mass is 9.96. The van der Waals surface area contributed by atoms with Crippen molar-refractivity contribution in [1.29, 1.82) is 0 Å². The Morgan fingerprint density at radius 3 is 2.96 bits per heavy atom. The van der Waals surface area contributed by atoms with Gasteiger partial charge in [0.2, 0.25) is 0 Å². The molecule has 0 saturated carbocycles. The number of carbonyl (C=O) groups is 1. The molecule has 0 spiro atoms. The third kappa shape index (κ3) is 4.00. The maximum atomic E-state index is 12.5. The van der Waals surface area contributed by atoms with E-state index in [9.17, 15) is 18.0 Å². The highest BCUT2D eigenvalue weighted by Crippen LogP contribution is 2.21. The molecule has 134 valence electrons. The van der Waals surface area contributed by atoms with E-state index in [-0.39, 0.29) is 24.7 Å². The van der Waals surface area contributed by atoms with Crippen LogP contribution >= 0.6 is 0 Å². The number of H-pyrrole nitrogens is 1. The van der Waals surface area contributed by atoms with E-state index < -0.39 is 12.7 Å². The summed E-state index contributed by atoms with van der Waals surface area (Å²) in [5, 5.41) is 3.00. The lowest BCUT2D eigenvalue weighted by Gasteiger charge is -2.40. The van der Waals surface area contributed by atoms with Crippen molar-refractivity contribution in [3.05, 3.63) is 17.7 Å². The van der Waals surface area contributed by atoms with Gasteiger partial charge in [-0.1, -0.05) is 0 Å². The summed E-state index contributed by atoms with van der Waals surface area (Å²) >= 11 is 0. The summed E-state index contributed by atoms with van der Waals surface area (Å²) in [7, 11) is 0. The second kappa shape index (κ2) is 6.62. The van der Waals surface area contributed by atoms with E-state index in [4.69, 9.17) is 0 Å². The van der Waals surface area contributed by atoms with Crippen LogP contribution in [-0.4, -0.2) is 70.2 Å². The Morgan fingerprint density at radius 2 is 2.25 bits per heavy atom. The van der Waals surface area contributed by atoms with Gasteiger partial charge in [0.25, 0.3) is 0 Å². The highest BCUT2D eigenvalue weighted by atomic mass is 19.4. The maximum Gasteiger partial charge on any atom is 0.401 e. The summed E-state index contributed by atoms with van der Waals surface area (Å²) in [5.41, 5.74) is 2.10. The summed E-state index contributed by atoms with van der Waals surface area (Å²) in [5.74, 6) is 0. The molecule has 1 fully saturated rings. The molecule has 1 aliphatic carbocycles. The molecule has 2 atom stereocenters. The number of imidazole rings is 1. The van der Waals surface area contributed by atoms with E-state index in [1.807, 2.05) is 0 Å². The molecule has 0 bridgehead atoms. The molecule has 1 aromatic rings. The van der Waals surface area contributed by atoms with E-state index in [2.05, 4.69) is 15.3 Å². The topological polar surface area (TPSA) is 64.3 Å². The molecule has 1 saturated heterocycles. The number of aryl methyl sites for hydroxylation is 1. The summed E-state index contributed by atoms with van der Waals surface area (Å²) < 4.78 is 37.6. The molecule has 3 rings (SSSR count). The average molecular weight is 345 g/mol. The Bertz CT molecular complexity index is 588. The Morgan fingerprint density at radius 1 is 1.46 bits per heavy atom. The van der Waals surface area contributed by atoms with Crippen LogP contribution in [0.4, 0.5) is 18.0 Å². The number of aromatic amines is 1. The van der Waals surface area contributed by atoms with Gasteiger partial charge in [-0.25, -0.2) is 9.78 Å². The minimum atomic E-state index is -4.21. The molecule has 9 heteroatoms. The number of carbonyl (C=O) groups excluding carboxylic acids is 1. The van der Waals surface area contributed by atoms with Crippen molar-refractivity contribution in [1.82, 2.24) is 25.1 Å². The molecule has 2 heterocycles. The zero-order valence-electron chi connectivity index (χ0n) is 13.6. The standard InChI is InChI=1S/C15H22F3N5O/c1-10-7-22(4-5-23(10)8-15(16,17)18)14(24)21-11-2-3-12-13(6-11)20-9-19-12/h9-11H,2-8H2,1H3,(H,19,20)(H,21,24). The van der Waals surface area contributed by atoms with Gasteiger partial charge in [0, 0.05) is 43.8 Å². The van der Waals surface area contributed by atoms with Crippen molar-refractivity contribution in [3.8, 4) is 0 Å². The van der Waals surface area contributed by atoms with Gasteiger partial charge < -0.3 is 15.2 Å². The maximum absolute atomic E-state index is 12.5. The molecule has 2 aliphatic rings. The number of rotatable bonds is 2. The van der Waals surface area contributed by atoms with Gasteiger partial charge in [-0.15, -0.1) is 0 Å². The quantitative estimate of drug-likeness (QED) is 0.855. The Kier molecular flexibility index (Phi) is 4.71. The molecule has 1 aliphatic heterocycles. The highest BCUT2D eigenvalue weighted by Gasteiger charge is 2.36. The number of nitrogens with zero attached hydrogens (tertiary/aromatic N) is 3. The predicted molar refractivity (Wildman–Crippen MR) is 81.6 cm³/mol. The average Bonchev–Trinajstić information content (AvgIpc) is 2.95. The fourth-order valence-corrected chi connectivity index (χ4v) is 3.43. The molecule has 2 unspecified atom stereocenters. The van der Waals surface area contributed by atoms with E-state index in [0.29, 0.717) is 19.5 Å². The number of piperazine rings is 1. The van der Waals surface area contributed by atoms with Crippen molar-refractivity contribution in [2.24, 2.45) is 0 Å². The summed E-state index contributed by atoms with van der Waals surface area (Å²) in [6.45, 7) is 1.67. The number of nitrogens with one attached hydrogen (secondary N) is 2. The first-order valence-corrected chi connectivity index (χ1v) is 8.19. The van der Waals surface area contributed by atoms with Crippen LogP contribution in [0.1, 0.15) is 24.7 Å². The summed E-state index contributed by atoms with van der Waals surface area (Å²) in [6.07, 6.45) is -0.184. The number of fused-ring (bicyclic) bond motifs is 1. The van der Waals surface area contributed by atoms with Crippen molar-refractivity contribution in [2.75, 3.05) is 26.2 Å². The largest absolute Gasteiger partial charge is 0.401 e. The zero-order valence-corrected chi connectivity index (χ0v) is 13.6. The Balaban J connectivity index is 1.50. The molecule has 0 aromatic carbocycles. The van der Waals surface area contributed by atoms with E-state index >= 15 is 0 Å². The second-order valence-corrected chi connectivity index (χ2v) is 6.60. The minimum absolute atomic E-state index is 0.0361. The molecule has 2 N–H and O–H groups in total. The molecule has 24 heavy (non-hydrogen) atoms. The fraction of sp³-hybridized carbons (Fsp3) is 0.733. The molecule has 2 amide bonds. The van der Waals surface area contributed by atoms with E-state index in [1.54, 1.807) is 18.2 Å². The number of urea groups is 1. The molecular weight excluding hydrogens is 323 g/mol. The zero-order chi connectivity index (χ0) is 17.3. The van der Waals surface area contributed by atoms with E-state index in [0.717, 1.165) is 24.2 Å². The van der Waals surface area contributed by atoms with Gasteiger partial charge in [-0.05, 0) is 19.8 Å². The van der Waals surface area contributed by atoms with Crippen molar-refractivity contribution >= 4 is 6.03 Å². The third-order valence-electron chi connectivity index (χ3n) is 4.75. The third-order valence-corrected chi connectivity index (χ3v) is 4.75. The Hall–Kier alpha value is -1.77. The van der Waals surface area contributed by atoms with Crippen LogP contribution in [-0.2, 0) is 12.8 Å². The number of amides is 2. The molecule has 0 radical (unpaired) electrons. The van der Waals surface area contributed by atoms with Gasteiger partial charge in [-0.3, -0.25) is 4.90 Å².